The molecule has 37 heavy (non-hydrogen) atoms. The molecule has 0 radical (unpaired) electrons. The molecule has 1 aliphatic heterocycles. The van der Waals surface area contributed by atoms with Gasteiger partial charge in [0.2, 0.25) is 15.9 Å². The second-order valence-corrected chi connectivity index (χ2v) is 14.7. The van der Waals surface area contributed by atoms with Crippen molar-refractivity contribution in [2.24, 2.45) is 16.7 Å². The van der Waals surface area contributed by atoms with E-state index in [-0.39, 0.29) is 28.5 Å². The Morgan fingerprint density at radius 1 is 0.973 bits per heavy atom. The molecular formula is C31H40N2O3S. The van der Waals surface area contributed by atoms with Crippen LogP contribution >= 0.6 is 0 Å². The predicted molar refractivity (Wildman–Crippen MR) is 147 cm³/mol. The smallest absolute Gasteiger partial charge is 0.224 e. The van der Waals surface area contributed by atoms with Crippen molar-refractivity contribution >= 4 is 15.9 Å². The number of benzene rings is 2. The van der Waals surface area contributed by atoms with Crippen LogP contribution in [-0.2, 0) is 33.1 Å². The minimum Gasteiger partial charge on any atom is -0.352 e. The van der Waals surface area contributed by atoms with Crippen molar-refractivity contribution in [3.05, 3.63) is 71.3 Å². The Labute approximate surface area is 222 Å². The zero-order valence-electron chi connectivity index (χ0n) is 22.2. The van der Waals surface area contributed by atoms with Crippen molar-refractivity contribution in [3.63, 3.8) is 0 Å². The molecule has 6 heteroatoms. The number of piperidine rings is 1. The average molecular weight is 521 g/mol. The largest absolute Gasteiger partial charge is 0.352 e. The highest BCUT2D eigenvalue weighted by atomic mass is 32.2. The van der Waals surface area contributed by atoms with E-state index < -0.39 is 15.4 Å². The average Bonchev–Trinajstić information content (AvgIpc) is 3.41. The molecular weight excluding hydrogens is 480 g/mol. The zero-order chi connectivity index (χ0) is 25.9. The maximum Gasteiger partial charge on any atom is 0.224 e. The monoisotopic (exact) mass is 520 g/mol. The summed E-state index contributed by atoms with van der Waals surface area (Å²) in [7, 11) is -3.45. The number of rotatable bonds is 6. The van der Waals surface area contributed by atoms with E-state index in [1.807, 2.05) is 30.3 Å². The van der Waals surface area contributed by atoms with Gasteiger partial charge >= 0.3 is 0 Å². The van der Waals surface area contributed by atoms with Crippen LogP contribution in [-0.4, -0.2) is 43.5 Å². The van der Waals surface area contributed by atoms with Crippen LogP contribution in [0.3, 0.4) is 0 Å². The summed E-state index contributed by atoms with van der Waals surface area (Å²) in [6.07, 6.45) is 7.17. The molecule has 0 unspecified atom stereocenters. The first-order chi connectivity index (χ1) is 17.7. The van der Waals surface area contributed by atoms with E-state index in [9.17, 15) is 13.2 Å². The van der Waals surface area contributed by atoms with E-state index in [1.165, 1.54) is 11.1 Å². The van der Waals surface area contributed by atoms with Crippen molar-refractivity contribution in [3.8, 4) is 0 Å². The summed E-state index contributed by atoms with van der Waals surface area (Å²) in [4.78, 5) is 13.0. The van der Waals surface area contributed by atoms with Gasteiger partial charge in [-0.3, -0.25) is 4.79 Å². The summed E-state index contributed by atoms with van der Waals surface area (Å²) in [5.74, 6) is 0.587. The van der Waals surface area contributed by atoms with Gasteiger partial charge in [-0.1, -0.05) is 68.4 Å². The molecule has 1 spiro atoms. The highest BCUT2D eigenvalue weighted by Crippen LogP contribution is 2.66. The molecule has 6 rings (SSSR count). The third-order valence-electron chi connectivity index (χ3n) is 10.9. The van der Waals surface area contributed by atoms with Crippen LogP contribution in [0.1, 0.15) is 69.1 Å². The minimum atomic E-state index is -3.45. The fourth-order valence-corrected chi connectivity index (χ4v) is 10.8. The van der Waals surface area contributed by atoms with Crippen molar-refractivity contribution in [1.82, 2.24) is 9.62 Å². The Morgan fingerprint density at radius 2 is 1.68 bits per heavy atom. The number of hydrogen-bond donors (Lipinski definition) is 1. The molecule has 1 saturated heterocycles. The lowest BCUT2D eigenvalue weighted by Gasteiger charge is -2.45. The number of sulfonamides is 1. The molecule has 3 aliphatic carbocycles. The quantitative estimate of drug-likeness (QED) is 0.592. The van der Waals surface area contributed by atoms with E-state index in [1.54, 1.807) is 4.31 Å². The first-order valence-corrected chi connectivity index (χ1v) is 15.7. The van der Waals surface area contributed by atoms with Crippen molar-refractivity contribution in [2.45, 2.75) is 76.7 Å². The molecule has 2 aromatic rings. The second kappa shape index (κ2) is 8.94. The molecule has 3 atom stereocenters. The van der Waals surface area contributed by atoms with Gasteiger partial charge in [-0.15, -0.1) is 0 Å². The van der Waals surface area contributed by atoms with Crippen LogP contribution in [0.5, 0.6) is 0 Å². The van der Waals surface area contributed by atoms with E-state index in [2.05, 4.69) is 43.4 Å². The van der Waals surface area contributed by atoms with Gasteiger partial charge < -0.3 is 5.32 Å². The lowest BCUT2D eigenvalue weighted by atomic mass is 9.69. The van der Waals surface area contributed by atoms with Crippen LogP contribution in [0.4, 0.5) is 0 Å². The molecule has 2 bridgehead atoms. The van der Waals surface area contributed by atoms with Crippen LogP contribution in [0, 0.1) is 16.7 Å². The summed E-state index contributed by atoms with van der Waals surface area (Å²) in [6.45, 7) is 5.68. The highest BCUT2D eigenvalue weighted by Gasteiger charge is 2.66. The summed E-state index contributed by atoms with van der Waals surface area (Å²) in [5.41, 5.74) is 3.48. The van der Waals surface area contributed by atoms with Gasteiger partial charge in [-0.05, 0) is 78.4 Å². The number of carbonyl (C=O) groups is 1. The van der Waals surface area contributed by atoms with Crippen molar-refractivity contribution in [1.29, 1.82) is 0 Å². The maximum atomic E-state index is 14.0. The Morgan fingerprint density at radius 3 is 2.41 bits per heavy atom. The molecule has 0 aromatic heterocycles. The maximum absolute atomic E-state index is 14.0. The van der Waals surface area contributed by atoms with E-state index in [4.69, 9.17) is 0 Å². The fraction of sp³-hybridized carbons (Fsp3) is 0.581. The number of nitrogens with zero attached hydrogens (tertiary/aromatic N) is 1. The normalized spacial score (nSPS) is 29.9. The van der Waals surface area contributed by atoms with Gasteiger partial charge in [-0.2, -0.15) is 0 Å². The molecule has 1 N–H and O–H groups in total. The Balaban J connectivity index is 1.18. The lowest BCUT2D eigenvalue weighted by Crippen LogP contribution is -2.55. The zero-order valence-corrected chi connectivity index (χ0v) is 23.0. The molecule has 3 fully saturated rings. The molecule has 2 saturated carbocycles. The molecule has 2 aromatic carbocycles. The number of carbonyl (C=O) groups excluding carboxylic acids is 1. The summed E-state index contributed by atoms with van der Waals surface area (Å²) < 4.78 is 29.8. The van der Waals surface area contributed by atoms with Gasteiger partial charge in [0.25, 0.3) is 0 Å². The third-order valence-corrected chi connectivity index (χ3v) is 13.0. The molecule has 1 amide bonds. The number of nitrogens with one attached hydrogen (secondary N) is 1. The van der Waals surface area contributed by atoms with Gasteiger partial charge in [0, 0.05) is 24.5 Å². The number of aryl methyl sites for hydroxylation is 1. The third kappa shape index (κ3) is 4.06. The van der Waals surface area contributed by atoms with Gasteiger partial charge in [0.1, 0.15) is 0 Å². The number of hydrogen-bond acceptors (Lipinski definition) is 3. The SMILES string of the molecule is CC1(C)[C@@H]2CC[C@@]1(CS(=O)(=O)N1CCC3(CCc4ccccc43)CC1)[C@@H](NC(=O)Cc1ccccc1)C2. The van der Waals surface area contributed by atoms with E-state index in [0.29, 0.717) is 25.4 Å². The first kappa shape index (κ1) is 25.1. The van der Waals surface area contributed by atoms with Crippen molar-refractivity contribution in [2.75, 3.05) is 18.8 Å². The predicted octanol–water partition coefficient (Wildman–Crippen LogP) is 4.85. The molecule has 4 aliphatic rings. The standard InChI is InChI=1S/C31H40N2O3S/c1-29(2)25-13-15-31(29,27(21-25)32-28(34)20-23-8-4-3-5-9-23)22-37(35,36)33-18-16-30(17-19-33)14-12-24-10-6-7-11-26(24)30/h3-11,25,27H,12-22H2,1-2H3,(H,32,34)/t25-,27+,31-/m1/s1. The van der Waals surface area contributed by atoms with Gasteiger partial charge in [0.05, 0.1) is 12.2 Å². The Bertz CT molecular complexity index is 1280. The van der Waals surface area contributed by atoms with E-state index in [0.717, 1.165) is 50.5 Å². The topological polar surface area (TPSA) is 66.5 Å². The van der Waals surface area contributed by atoms with Gasteiger partial charge in [0.15, 0.2) is 0 Å². The van der Waals surface area contributed by atoms with E-state index >= 15 is 0 Å². The first-order valence-electron chi connectivity index (χ1n) is 14.0. The highest BCUT2D eigenvalue weighted by molar-refractivity contribution is 7.89. The van der Waals surface area contributed by atoms with Crippen molar-refractivity contribution < 1.29 is 13.2 Å². The Kier molecular flexibility index (Phi) is 6.07. The number of fused-ring (bicyclic) bond motifs is 4. The minimum absolute atomic E-state index is 0.00358. The lowest BCUT2D eigenvalue weighted by molar-refractivity contribution is -0.122. The second-order valence-electron chi connectivity index (χ2n) is 12.7. The van der Waals surface area contributed by atoms with Gasteiger partial charge in [-0.25, -0.2) is 12.7 Å². The summed E-state index contributed by atoms with van der Waals surface area (Å²) in [5, 5.41) is 3.31. The van der Waals surface area contributed by atoms with Crippen LogP contribution in [0.15, 0.2) is 54.6 Å². The summed E-state index contributed by atoms with van der Waals surface area (Å²) in [6, 6.07) is 18.4. The fourth-order valence-electron chi connectivity index (χ4n) is 8.54. The molecule has 1 heterocycles. The molecule has 5 nitrogen and oxygen atoms in total. The van der Waals surface area contributed by atoms with Crippen LogP contribution < -0.4 is 5.32 Å². The van der Waals surface area contributed by atoms with Crippen LogP contribution in [0.25, 0.3) is 0 Å². The molecule has 198 valence electrons. The van der Waals surface area contributed by atoms with Crippen LogP contribution in [0.2, 0.25) is 0 Å². The number of amides is 1. The summed E-state index contributed by atoms with van der Waals surface area (Å²) >= 11 is 0. The Hall–Kier alpha value is -2.18.